The van der Waals surface area contributed by atoms with E-state index in [1.807, 2.05) is 34.4 Å². The van der Waals surface area contributed by atoms with E-state index in [-0.39, 0.29) is 0 Å². The van der Waals surface area contributed by atoms with Crippen LogP contribution in [0.4, 0.5) is 0 Å². The largest absolute Gasteiger partial charge is 0.302 e. The number of rotatable bonds is 5. The van der Waals surface area contributed by atoms with E-state index >= 15 is 0 Å². The van der Waals surface area contributed by atoms with Crippen LogP contribution < -0.4 is 5.32 Å². The monoisotopic (exact) mass is 323 g/mol. The Morgan fingerprint density at radius 1 is 1.15 bits per heavy atom. The molecule has 20 heavy (non-hydrogen) atoms. The van der Waals surface area contributed by atoms with Crippen molar-refractivity contribution >= 4 is 34.4 Å². The fraction of sp³-hybridized carbons (Fsp3) is 0.500. The van der Waals surface area contributed by atoms with Gasteiger partial charge in [-0.25, -0.2) is 0 Å². The zero-order chi connectivity index (χ0) is 13.8. The summed E-state index contributed by atoms with van der Waals surface area (Å²) >= 11 is 5.76. The molecule has 2 heterocycles. The maximum Gasteiger partial charge on any atom is 0.0766 e. The average Bonchev–Trinajstić information content (AvgIpc) is 3.18. The van der Waals surface area contributed by atoms with Crippen LogP contribution in [0.3, 0.4) is 0 Å². The van der Waals surface area contributed by atoms with Gasteiger partial charge in [-0.1, -0.05) is 18.6 Å². The third-order valence-corrected chi connectivity index (χ3v) is 6.99. The van der Waals surface area contributed by atoms with Crippen LogP contribution >= 0.6 is 34.4 Å². The Labute approximate surface area is 133 Å². The molecule has 1 fully saturated rings. The van der Waals surface area contributed by atoms with Crippen LogP contribution in [-0.2, 0) is 0 Å². The lowest BCUT2D eigenvalue weighted by Gasteiger charge is -2.31. The van der Waals surface area contributed by atoms with Crippen LogP contribution in [0, 0.1) is 0 Å². The van der Waals surface area contributed by atoms with E-state index in [1.165, 1.54) is 35.4 Å². The van der Waals surface area contributed by atoms with Crippen molar-refractivity contribution in [1.82, 2.24) is 5.32 Å². The van der Waals surface area contributed by atoms with Crippen molar-refractivity contribution in [1.29, 1.82) is 0 Å². The van der Waals surface area contributed by atoms with Gasteiger partial charge in [0.25, 0.3) is 0 Å². The van der Waals surface area contributed by atoms with Crippen molar-refractivity contribution < 1.29 is 0 Å². The lowest BCUT2D eigenvalue weighted by Crippen LogP contribution is -2.37. The minimum absolute atomic E-state index is 0.389. The first kappa shape index (κ1) is 14.6. The second-order valence-corrected chi connectivity index (χ2v) is 8.45. The van der Waals surface area contributed by atoms with Crippen LogP contribution in [0.1, 0.15) is 41.5 Å². The third kappa shape index (κ3) is 3.48. The summed E-state index contributed by atoms with van der Waals surface area (Å²) in [6.45, 7) is 0. The topological polar surface area (TPSA) is 12.0 Å². The molecule has 1 aliphatic carbocycles. The zero-order valence-electron chi connectivity index (χ0n) is 11.7. The van der Waals surface area contributed by atoms with Gasteiger partial charge in [0.2, 0.25) is 0 Å². The van der Waals surface area contributed by atoms with Gasteiger partial charge in [-0.15, -0.1) is 22.7 Å². The van der Waals surface area contributed by atoms with Crippen LogP contribution in [0.15, 0.2) is 35.0 Å². The van der Waals surface area contributed by atoms with Gasteiger partial charge in [0, 0.05) is 21.0 Å². The molecule has 3 rings (SSSR count). The molecule has 0 aliphatic heterocycles. The summed E-state index contributed by atoms with van der Waals surface area (Å²) in [6, 6.07) is 9.89. The summed E-state index contributed by atoms with van der Waals surface area (Å²) in [4.78, 5) is 2.89. The molecule has 2 aromatic rings. The fourth-order valence-corrected chi connectivity index (χ4v) is 5.47. The lowest BCUT2D eigenvalue weighted by molar-refractivity contribution is 0.364. The highest BCUT2D eigenvalue weighted by molar-refractivity contribution is 7.99. The second-order valence-electron chi connectivity index (χ2n) is 5.35. The van der Waals surface area contributed by atoms with E-state index in [4.69, 9.17) is 0 Å². The Morgan fingerprint density at radius 3 is 2.40 bits per heavy atom. The highest BCUT2D eigenvalue weighted by atomic mass is 32.2. The van der Waals surface area contributed by atoms with Gasteiger partial charge >= 0.3 is 0 Å². The van der Waals surface area contributed by atoms with Crippen LogP contribution in [-0.4, -0.2) is 17.5 Å². The summed E-state index contributed by atoms with van der Waals surface area (Å²) in [7, 11) is 0. The minimum atomic E-state index is 0.389. The fourth-order valence-electron chi connectivity index (χ4n) is 2.96. The van der Waals surface area contributed by atoms with Gasteiger partial charge in [0.15, 0.2) is 0 Å². The van der Waals surface area contributed by atoms with Crippen LogP contribution in [0.2, 0.25) is 0 Å². The average molecular weight is 324 g/mol. The molecule has 2 unspecified atom stereocenters. The highest BCUT2D eigenvalue weighted by Gasteiger charge is 2.25. The van der Waals surface area contributed by atoms with E-state index in [9.17, 15) is 0 Å². The Bertz CT molecular complexity index is 458. The van der Waals surface area contributed by atoms with Crippen molar-refractivity contribution in [3.63, 3.8) is 0 Å². The van der Waals surface area contributed by atoms with Gasteiger partial charge < -0.3 is 5.32 Å². The second kappa shape index (κ2) is 7.12. The predicted molar refractivity (Wildman–Crippen MR) is 93.2 cm³/mol. The number of hydrogen-bond donors (Lipinski definition) is 1. The van der Waals surface area contributed by atoms with E-state index in [0.29, 0.717) is 12.1 Å². The van der Waals surface area contributed by atoms with Gasteiger partial charge in [-0.3, -0.25) is 0 Å². The molecule has 0 radical (unpaired) electrons. The standard InChI is InChI=1S/C16H21NS3/c1-18-13-6-2-5-12(11-13)17-16(14-7-3-9-19-14)15-8-4-10-20-15/h3-4,7-10,12-13,16-17H,2,5-6,11H2,1H3. The summed E-state index contributed by atoms with van der Waals surface area (Å²) in [6.07, 6.45) is 7.65. The maximum absolute atomic E-state index is 3.93. The van der Waals surface area contributed by atoms with Crippen LogP contribution in [0.25, 0.3) is 0 Å². The number of hydrogen-bond acceptors (Lipinski definition) is 4. The smallest absolute Gasteiger partial charge is 0.0766 e. The summed E-state index contributed by atoms with van der Waals surface area (Å²) in [5.74, 6) is 0. The molecular formula is C16H21NS3. The number of thiophene rings is 2. The first-order valence-electron chi connectivity index (χ1n) is 7.22. The molecule has 108 valence electrons. The zero-order valence-corrected chi connectivity index (χ0v) is 14.2. The Balaban J connectivity index is 1.74. The Hall–Kier alpha value is -0.290. The predicted octanol–water partition coefficient (Wildman–Crippen LogP) is 5.16. The van der Waals surface area contributed by atoms with E-state index < -0.39 is 0 Å². The normalized spacial score (nSPS) is 23.3. The SMILES string of the molecule is CSC1CCCC(NC(c2cccs2)c2cccs2)C1. The minimum Gasteiger partial charge on any atom is -0.302 e. The maximum atomic E-state index is 3.93. The molecule has 0 amide bonds. The molecule has 1 saturated carbocycles. The highest BCUT2D eigenvalue weighted by Crippen LogP contribution is 2.33. The Morgan fingerprint density at radius 2 is 1.85 bits per heavy atom. The van der Waals surface area contributed by atoms with Crippen molar-refractivity contribution in [2.75, 3.05) is 6.26 Å². The van der Waals surface area contributed by atoms with Crippen LogP contribution in [0.5, 0.6) is 0 Å². The van der Waals surface area contributed by atoms with E-state index in [2.05, 4.69) is 46.6 Å². The number of nitrogens with one attached hydrogen (secondary N) is 1. The quantitative estimate of drug-likeness (QED) is 0.815. The molecule has 1 aliphatic rings. The molecule has 0 saturated heterocycles. The first-order valence-corrected chi connectivity index (χ1v) is 10.3. The lowest BCUT2D eigenvalue weighted by atomic mass is 9.94. The van der Waals surface area contributed by atoms with E-state index in [0.717, 1.165) is 5.25 Å². The molecule has 4 heteroatoms. The molecule has 0 bridgehead atoms. The summed E-state index contributed by atoms with van der Waals surface area (Å²) in [5, 5.41) is 9.14. The molecule has 1 nitrogen and oxygen atoms in total. The summed E-state index contributed by atoms with van der Waals surface area (Å²) < 4.78 is 0. The van der Waals surface area contributed by atoms with Crippen molar-refractivity contribution in [3.05, 3.63) is 44.8 Å². The van der Waals surface area contributed by atoms with Gasteiger partial charge in [0.1, 0.15) is 0 Å². The molecular weight excluding hydrogens is 302 g/mol. The molecule has 1 N–H and O–H groups in total. The molecule has 2 aromatic heterocycles. The number of thioether (sulfide) groups is 1. The molecule has 2 atom stereocenters. The first-order chi connectivity index (χ1) is 9.86. The third-order valence-electron chi connectivity index (χ3n) is 4.02. The van der Waals surface area contributed by atoms with Gasteiger partial charge in [0.05, 0.1) is 6.04 Å². The molecule has 0 spiro atoms. The van der Waals surface area contributed by atoms with Crippen molar-refractivity contribution in [2.45, 2.75) is 43.0 Å². The van der Waals surface area contributed by atoms with Gasteiger partial charge in [-0.05, 0) is 48.4 Å². The molecule has 0 aromatic carbocycles. The van der Waals surface area contributed by atoms with E-state index in [1.54, 1.807) is 0 Å². The Kier molecular flexibility index (Phi) is 5.21. The summed E-state index contributed by atoms with van der Waals surface area (Å²) in [5.41, 5.74) is 0. The van der Waals surface area contributed by atoms with Crippen molar-refractivity contribution in [3.8, 4) is 0 Å². The van der Waals surface area contributed by atoms with Gasteiger partial charge in [-0.2, -0.15) is 11.8 Å². The van der Waals surface area contributed by atoms with Crippen molar-refractivity contribution in [2.24, 2.45) is 0 Å².